The molecule has 1 aliphatic rings. The smallest absolute Gasteiger partial charge is 0.200 e. The van der Waals surface area contributed by atoms with Crippen molar-refractivity contribution < 1.29 is 4.42 Å². The van der Waals surface area contributed by atoms with Gasteiger partial charge in [0.1, 0.15) is 11.8 Å². The lowest BCUT2D eigenvalue weighted by molar-refractivity contribution is 0.313. The van der Waals surface area contributed by atoms with Crippen LogP contribution in [0.5, 0.6) is 0 Å². The van der Waals surface area contributed by atoms with E-state index >= 15 is 0 Å². The van der Waals surface area contributed by atoms with E-state index in [0.717, 1.165) is 31.7 Å². The Balaban J connectivity index is 1.66. The van der Waals surface area contributed by atoms with Gasteiger partial charge in [0.15, 0.2) is 5.43 Å². The fraction of sp³-hybridized carbons (Fsp3) is 0.250. The van der Waals surface area contributed by atoms with Crippen LogP contribution in [-0.2, 0) is 0 Å². The van der Waals surface area contributed by atoms with Gasteiger partial charge in [0.2, 0.25) is 0 Å². The van der Waals surface area contributed by atoms with E-state index in [4.69, 9.17) is 4.42 Å². The Morgan fingerprint density at radius 2 is 1.62 bits per heavy atom. The van der Waals surface area contributed by atoms with Gasteiger partial charge in [-0.3, -0.25) is 4.79 Å². The number of fused-ring (bicyclic) bond motifs is 1. The number of benzene rings is 2. The molecule has 3 aromatic rings. The summed E-state index contributed by atoms with van der Waals surface area (Å²) in [5.41, 5.74) is 3.35. The first kappa shape index (κ1) is 15.0. The van der Waals surface area contributed by atoms with E-state index in [1.54, 1.807) is 6.26 Å². The maximum absolute atomic E-state index is 12.7. The molecule has 0 aliphatic carbocycles. The van der Waals surface area contributed by atoms with Crippen LogP contribution in [0.2, 0.25) is 0 Å². The third-order valence-corrected chi connectivity index (χ3v) is 4.73. The molecular weight excluding hydrogens is 300 g/mol. The first-order chi connectivity index (χ1) is 11.7. The zero-order chi connectivity index (χ0) is 16.5. The molecule has 1 saturated heterocycles. The van der Waals surface area contributed by atoms with E-state index in [-0.39, 0.29) is 5.43 Å². The Labute approximate surface area is 140 Å². The van der Waals surface area contributed by atoms with Crippen molar-refractivity contribution in [2.75, 3.05) is 38.1 Å². The number of piperazine rings is 1. The molecule has 1 aliphatic heterocycles. The maximum atomic E-state index is 12.7. The van der Waals surface area contributed by atoms with Gasteiger partial charge in [0.05, 0.1) is 10.9 Å². The molecule has 1 aromatic heterocycles. The molecule has 4 rings (SSSR count). The summed E-state index contributed by atoms with van der Waals surface area (Å²) in [5.74, 6) is 0. The third kappa shape index (κ3) is 2.69. The SMILES string of the molecule is CN1CCN(c2ccc(-c3coc4ccccc4c3=O)cc2)CC1. The van der Waals surface area contributed by atoms with Crippen molar-refractivity contribution >= 4 is 16.7 Å². The Kier molecular flexibility index (Phi) is 3.82. The summed E-state index contributed by atoms with van der Waals surface area (Å²) in [4.78, 5) is 17.4. The van der Waals surface area contributed by atoms with Crippen LogP contribution in [-0.4, -0.2) is 38.1 Å². The first-order valence-corrected chi connectivity index (χ1v) is 8.27. The van der Waals surface area contributed by atoms with Crippen molar-refractivity contribution in [3.8, 4) is 11.1 Å². The van der Waals surface area contributed by atoms with Gasteiger partial charge >= 0.3 is 0 Å². The summed E-state index contributed by atoms with van der Waals surface area (Å²) in [5, 5.41) is 0.623. The molecule has 4 nitrogen and oxygen atoms in total. The Morgan fingerprint density at radius 3 is 2.38 bits per heavy atom. The highest BCUT2D eigenvalue weighted by Crippen LogP contribution is 2.23. The van der Waals surface area contributed by atoms with Gasteiger partial charge in [-0.25, -0.2) is 0 Å². The summed E-state index contributed by atoms with van der Waals surface area (Å²) < 4.78 is 5.62. The number of likely N-dealkylation sites (N-methyl/N-ethyl adjacent to an activating group) is 1. The Hall–Kier alpha value is -2.59. The molecule has 0 amide bonds. The second-order valence-corrected chi connectivity index (χ2v) is 6.31. The molecule has 24 heavy (non-hydrogen) atoms. The van der Waals surface area contributed by atoms with Gasteiger partial charge in [-0.15, -0.1) is 0 Å². The lowest BCUT2D eigenvalue weighted by atomic mass is 10.0. The van der Waals surface area contributed by atoms with Crippen LogP contribution in [0.15, 0.2) is 64.0 Å². The van der Waals surface area contributed by atoms with E-state index in [1.165, 1.54) is 5.69 Å². The lowest BCUT2D eigenvalue weighted by Gasteiger charge is -2.34. The number of anilines is 1. The monoisotopic (exact) mass is 320 g/mol. The Bertz CT molecular complexity index is 907. The molecule has 0 N–H and O–H groups in total. The van der Waals surface area contributed by atoms with Crippen molar-refractivity contribution in [1.29, 1.82) is 0 Å². The predicted molar refractivity (Wildman–Crippen MR) is 97.6 cm³/mol. The summed E-state index contributed by atoms with van der Waals surface area (Å²) in [6, 6.07) is 15.6. The largest absolute Gasteiger partial charge is 0.463 e. The van der Waals surface area contributed by atoms with Crippen molar-refractivity contribution in [2.24, 2.45) is 0 Å². The van der Waals surface area contributed by atoms with Crippen LogP contribution in [0.3, 0.4) is 0 Å². The predicted octanol–water partition coefficient (Wildman–Crippen LogP) is 3.21. The van der Waals surface area contributed by atoms with Crippen LogP contribution >= 0.6 is 0 Å². The molecule has 122 valence electrons. The number of hydrogen-bond acceptors (Lipinski definition) is 4. The summed E-state index contributed by atoms with van der Waals surface area (Å²) in [6.45, 7) is 4.23. The lowest BCUT2D eigenvalue weighted by Crippen LogP contribution is -2.44. The number of hydrogen-bond donors (Lipinski definition) is 0. The van der Waals surface area contributed by atoms with E-state index in [9.17, 15) is 4.79 Å². The fourth-order valence-corrected chi connectivity index (χ4v) is 3.19. The molecule has 0 saturated carbocycles. The van der Waals surface area contributed by atoms with Crippen LogP contribution < -0.4 is 10.3 Å². The quantitative estimate of drug-likeness (QED) is 0.726. The highest BCUT2D eigenvalue weighted by molar-refractivity contribution is 5.81. The van der Waals surface area contributed by atoms with Gasteiger partial charge in [-0.1, -0.05) is 24.3 Å². The minimum Gasteiger partial charge on any atom is -0.463 e. The zero-order valence-electron chi connectivity index (χ0n) is 13.7. The van der Waals surface area contributed by atoms with Gasteiger partial charge in [0.25, 0.3) is 0 Å². The Morgan fingerprint density at radius 1 is 0.917 bits per heavy atom. The third-order valence-electron chi connectivity index (χ3n) is 4.73. The normalized spacial score (nSPS) is 15.8. The molecule has 2 aromatic carbocycles. The molecule has 1 fully saturated rings. The minimum absolute atomic E-state index is 0.0178. The molecule has 0 atom stereocenters. The zero-order valence-corrected chi connectivity index (χ0v) is 13.7. The second-order valence-electron chi connectivity index (χ2n) is 6.31. The van der Waals surface area contributed by atoms with Crippen LogP contribution in [0.4, 0.5) is 5.69 Å². The van der Waals surface area contributed by atoms with E-state index in [0.29, 0.717) is 16.5 Å². The van der Waals surface area contributed by atoms with Crippen molar-refractivity contribution in [3.63, 3.8) is 0 Å². The van der Waals surface area contributed by atoms with E-state index < -0.39 is 0 Å². The van der Waals surface area contributed by atoms with Crippen molar-refractivity contribution in [1.82, 2.24) is 4.90 Å². The van der Waals surface area contributed by atoms with Gasteiger partial charge in [-0.2, -0.15) is 0 Å². The summed E-state index contributed by atoms with van der Waals surface area (Å²) in [6.07, 6.45) is 1.57. The second kappa shape index (κ2) is 6.13. The molecule has 0 bridgehead atoms. The highest BCUT2D eigenvalue weighted by atomic mass is 16.3. The molecule has 0 unspecified atom stereocenters. The maximum Gasteiger partial charge on any atom is 0.200 e. The van der Waals surface area contributed by atoms with Crippen LogP contribution in [0, 0.1) is 0 Å². The number of para-hydroxylation sites is 1. The van der Waals surface area contributed by atoms with Gasteiger partial charge in [0, 0.05) is 31.9 Å². The van der Waals surface area contributed by atoms with Crippen LogP contribution in [0.1, 0.15) is 0 Å². The molecule has 0 spiro atoms. The highest BCUT2D eigenvalue weighted by Gasteiger charge is 2.15. The topological polar surface area (TPSA) is 36.7 Å². The molecule has 4 heteroatoms. The number of rotatable bonds is 2. The summed E-state index contributed by atoms with van der Waals surface area (Å²) in [7, 11) is 2.15. The summed E-state index contributed by atoms with van der Waals surface area (Å²) >= 11 is 0. The standard InChI is InChI=1S/C20H20N2O2/c1-21-10-12-22(13-11-21)16-8-6-15(7-9-16)18-14-24-19-5-3-2-4-17(19)20(18)23/h2-9,14H,10-13H2,1H3. The average molecular weight is 320 g/mol. The first-order valence-electron chi connectivity index (χ1n) is 8.27. The molecule has 0 radical (unpaired) electrons. The van der Waals surface area contributed by atoms with E-state index in [2.05, 4.69) is 29.0 Å². The minimum atomic E-state index is 0.0178. The average Bonchev–Trinajstić information content (AvgIpc) is 2.63. The fourth-order valence-electron chi connectivity index (χ4n) is 3.19. The molecular formula is C20H20N2O2. The van der Waals surface area contributed by atoms with Crippen LogP contribution in [0.25, 0.3) is 22.1 Å². The van der Waals surface area contributed by atoms with Crippen molar-refractivity contribution in [3.05, 3.63) is 65.0 Å². The van der Waals surface area contributed by atoms with Gasteiger partial charge < -0.3 is 14.2 Å². The molecule has 2 heterocycles. The van der Waals surface area contributed by atoms with E-state index in [1.807, 2.05) is 36.4 Å². The van der Waals surface area contributed by atoms with Gasteiger partial charge in [-0.05, 0) is 36.9 Å². The number of nitrogens with zero attached hydrogens (tertiary/aromatic N) is 2. The van der Waals surface area contributed by atoms with Crippen molar-refractivity contribution in [2.45, 2.75) is 0 Å².